The minimum absolute atomic E-state index is 0. The summed E-state index contributed by atoms with van der Waals surface area (Å²) in [6.45, 7) is 16.1. The number of hydrogen-bond acceptors (Lipinski definition) is 16. The van der Waals surface area contributed by atoms with Crippen LogP contribution in [0.2, 0.25) is 0 Å². The Morgan fingerprint density at radius 1 is 0.644 bits per heavy atom. The molecule has 0 aliphatic carbocycles. The smallest absolute Gasteiger partial charge is 0.490 e. The summed E-state index contributed by atoms with van der Waals surface area (Å²) in [5.74, 6) is -2.13. The fourth-order valence-corrected chi connectivity index (χ4v) is 8.94. The fourth-order valence-electron chi connectivity index (χ4n) is 7.73. The van der Waals surface area contributed by atoms with Gasteiger partial charge in [0.15, 0.2) is 16.8 Å². The van der Waals surface area contributed by atoms with Gasteiger partial charge in [-0.3, -0.25) is 18.9 Å². The highest BCUT2D eigenvalue weighted by Gasteiger charge is 2.38. The van der Waals surface area contributed by atoms with Crippen molar-refractivity contribution in [1.29, 1.82) is 0 Å². The largest absolute Gasteiger partial charge is 0.508 e. The van der Waals surface area contributed by atoms with Crippen molar-refractivity contribution in [2.45, 2.75) is 84.0 Å². The number of sulfone groups is 1. The summed E-state index contributed by atoms with van der Waals surface area (Å²) in [5.41, 5.74) is 6.01. The number of nitrogens with zero attached hydrogens (tertiary/aromatic N) is 8. The molecule has 18 nitrogen and oxygen atoms in total. The lowest BCUT2D eigenvalue weighted by Crippen LogP contribution is -2.35. The molecule has 0 unspecified atom stereocenters. The Hall–Kier alpha value is -6.24. The molecule has 0 spiro atoms. The number of hydrogen-bond donors (Lipinski definition) is 5. The zero-order chi connectivity index (χ0) is 51.8. The molecule has 8 rings (SSSR count). The zero-order valence-electron chi connectivity index (χ0n) is 40.0. The third-order valence-corrected chi connectivity index (χ3v) is 13.0. The highest BCUT2D eigenvalue weighted by atomic mass is 32.2. The first-order valence-corrected chi connectivity index (χ1v) is 25.5. The van der Waals surface area contributed by atoms with E-state index in [2.05, 4.69) is 54.5 Å². The Bertz CT molecular complexity index is 2880. The van der Waals surface area contributed by atoms with Crippen LogP contribution in [0, 0.1) is 0 Å². The molecule has 4 aromatic carbocycles. The third kappa shape index (κ3) is 14.9. The van der Waals surface area contributed by atoms with Crippen molar-refractivity contribution in [3.8, 4) is 57.1 Å². The van der Waals surface area contributed by atoms with E-state index in [0.29, 0.717) is 35.9 Å². The molecular formula is C50H65F3N8O10S2. The molecule has 2 saturated heterocycles. The molecule has 0 saturated carbocycles. The molecule has 0 bridgehead atoms. The van der Waals surface area contributed by atoms with E-state index in [0.717, 1.165) is 80.7 Å². The Labute approximate surface area is 428 Å². The van der Waals surface area contributed by atoms with Crippen molar-refractivity contribution < 1.29 is 61.4 Å². The van der Waals surface area contributed by atoms with Crippen LogP contribution in [0.25, 0.3) is 34.2 Å². The maximum atomic E-state index is 12.5. The monoisotopic (exact) mass is 1060 g/mol. The fraction of sp³-hybridized carbons (Fsp3) is 0.420. The molecule has 5 N–H and O–H groups in total. The van der Waals surface area contributed by atoms with Gasteiger partial charge in [0.2, 0.25) is 9.84 Å². The van der Waals surface area contributed by atoms with E-state index in [1.165, 1.54) is 34.0 Å². The second kappa shape index (κ2) is 25.6. The first-order valence-electron chi connectivity index (χ1n) is 22.4. The van der Waals surface area contributed by atoms with Crippen LogP contribution in [0.3, 0.4) is 0 Å². The maximum absolute atomic E-state index is 12.5. The van der Waals surface area contributed by atoms with Gasteiger partial charge in [-0.15, -0.1) is 20.4 Å². The molecule has 23 heteroatoms. The normalized spacial score (nSPS) is 14.3. The Morgan fingerprint density at radius 2 is 1.01 bits per heavy atom. The van der Waals surface area contributed by atoms with Crippen molar-refractivity contribution in [3.63, 3.8) is 0 Å². The van der Waals surface area contributed by atoms with E-state index < -0.39 is 22.0 Å². The summed E-state index contributed by atoms with van der Waals surface area (Å²) in [5, 5.41) is 65.9. The minimum atomic E-state index is -5.08. The number of phenols is 4. The van der Waals surface area contributed by atoms with E-state index in [1.54, 1.807) is 12.1 Å². The van der Waals surface area contributed by atoms with Crippen molar-refractivity contribution in [1.82, 2.24) is 39.3 Å². The Kier molecular flexibility index (Phi) is 20.8. The molecule has 2 aliphatic heterocycles. The highest BCUT2D eigenvalue weighted by molar-refractivity contribution is 7.98. The quantitative estimate of drug-likeness (QED) is 0.0721. The van der Waals surface area contributed by atoms with Gasteiger partial charge in [-0.05, 0) is 76.7 Å². The van der Waals surface area contributed by atoms with Gasteiger partial charge in [-0.25, -0.2) is 13.2 Å². The lowest BCUT2D eigenvalue weighted by atomic mass is 9.98. The number of halogens is 3. The second-order valence-corrected chi connectivity index (χ2v) is 20.0. The molecule has 2 fully saturated rings. The number of phenolic OH excluding ortho intramolecular Hbond substituents is 4. The number of carboxylic acids is 1. The van der Waals surface area contributed by atoms with Gasteiger partial charge in [-0.1, -0.05) is 78.6 Å². The number of aromatic nitrogens is 6. The number of morpholine rings is 2. The number of alkyl halides is 3. The molecule has 0 atom stereocenters. The Balaban J connectivity index is 0.000000274. The van der Waals surface area contributed by atoms with Crippen LogP contribution in [0.1, 0.15) is 76.6 Å². The van der Waals surface area contributed by atoms with Gasteiger partial charge in [0, 0.05) is 69.0 Å². The molecule has 73 heavy (non-hydrogen) atoms. The van der Waals surface area contributed by atoms with Gasteiger partial charge in [0.05, 0.1) is 37.6 Å². The number of carbonyl (C=O) groups is 1. The van der Waals surface area contributed by atoms with Crippen LogP contribution >= 0.6 is 11.8 Å². The van der Waals surface area contributed by atoms with Gasteiger partial charge in [-0.2, -0.15) is 13.2 Å². The number of aliphatic carboxylic acids is 1. The summed E-state index contributed by atoms with van der Waals surface area (Å²) < 4.78 is 70.9. The molecule has 6 aromatic rings. The molecule has 2 aromatic heterocycles. The summed E-state index contributed by atoms with van der Waals surface area (Å²) >= 11 is 1.49. The summed E-state index contributed by atoms with van der Waals surface area (Å²) in [7, 11) is -3.71. The average Bonchev–Trinajstić information content (AvgIpc) is 3.96. The summed E-state index contributed by atoms with van der Waals surface area (Å²) in [4.78, 5) is 13.6. The van der Waals surface area contributed by atoms with Crippen molar-refractivity contribution >= 4 is 27.6 Å². The van der Waals surface area contributed by atoms with Crippen LogP contribution in [0.4, 0.5) is 13.2 Å². The summed E-state index contributed by atoms with van der Waals surface area (Å²) in [6, 6.07) is 21.9. The van der Waals surface area contributed by atoms with Crippen LogP contribution in [-0.2, 0) is 37.2 Å². The molecule has 4 heterocycles. The van der Waals surface area contributed by atoms with Gasteiger partial charge >= 0.3 is 12.1 Å². The number of ether oxygens (including phenoxy) is 2. The number of aromatic hydroxyl groups is 4. The highest BCUT2D eigenvalue weighted by Crippen LogP contribution is 2.40. The predicted octanol–water partition coefficient (Wildman–Crippen LogP) is 8.63. The lowest BCUT2D eigenvalue weighted by Gasteiger charge is -2.26. The van der Waals surface area contributed by atoms with Crippen LogP contribution in [0.15, 0.2) is 83.1 Å². The van der Waals surface area contributed by atoms with Crippen LogP contribution < -0.4 is 0 Å². The molecule has 0 radical (unpaired) electrons. The molecule has 398 valence electrons. The van der Waals surface area contributed by atoms with Crippen LogP contribution in [0.5, 0.6) is 23.0 Å². The molecule has 0 amide bonds. The predicted molar refractivity (Wildman–Crippen MR) is 273 cm³/mol. The number of carboxylic acid groups (broad SMARTS) is 1. The average molecular weight is 1060 g/mol. The number of thioether (sulfide) groups is 1. The topological polar surface area (TPSA) is 239 Å². The third-order valence-electron chi connectivity index (χ3n) is 11.4. The van der Waals surface area contributed by atoms with Gasteiger partial charge in [0.25, 0.3) is 5.16 Å². The van der Waals surface area contributed by atoms with E-state index in [1.807, 2.05) is 62.8 Å². The van der Waals surface area contributed by atoms with Gasteiger partial charge in [0.1, 0.15) is 23.0 Å². The minimum Gasteiger partial charge on any atom is -0.508 e. The Morgan fingerprint density at radius 3 is 1.37 bits per heavy atom. The number of benzene rings is 4. The van der Waals surface area contributed by atoms with E-state index in [4.69, 9.17) is 19.4 Å². The molecular weight excluding hydrogens is 994 g/mol. The molecule has 2 aliphatic rings. The standard InChI is InChI=1S/C23H28N4O5S.C23H28N4O3S.C2HF3O2.2CH4/c1-15(2)18-12-19(21(29)13-20(18)28)22-24-25-23(33(3,30)31)27(22)17-6-4-16(5-7-17)14-26-8-10-32-11-9-26;1-15(2)18-12-19(21(29)13-20(18)28)22-24-25-23(31-3)27(22)17-6-4-16(5-7-17)14-26-8-10-30-11-9-26;3-2(4,5)1(6)7;;/h4-7,12-13,15,28-29H,8-11,14H2,1-3H3;4-7,12-13,15,28-29H,8-11,14H2,1-3H3;(H,6,7);2*1H4. The van der Waals surface area contributed by atoms with Crippen molar-refractivity contribution in [2.75, 3.05) is 65.1 Å². The van der Waals surface area contributed by atoms with Gasteiger partial charge < -0.3 is 35.0 Å². The van der Waals surface area contributed by atoms with Crippen LogP contribution in [-0.4, -0.2) is 151 Å². The lowest BCUT2D eigenvalue weighted by molar-refractivity contribution is -0.192. The zero-order valence-corrected chi connectivity index (χ0v) is 41.6. The van der Waals surface area contributed by atoms with Crippen molar-refractivity contribution in [3.05, 3.63) is 95.1 Å². The SMILES string of the molecule is C.C.CC(C)c1cc(-c2nnc(S(C)(=O)=O)n2-c2ccc(CN3CCOCC3)cc2)c(O)cc1O.CSc1nnc(-c2cc(C(C)C)c(O)cc2O)n1-c1ccc(CN2CCOCC2)cc1.O=C(O)C(F)(F)F. The second-order valence-electron chi connectivity index (χ2n) is 17.3. The number of rotatable bonds is 12. The maximum Gasteiger partial charge on any atom is 0.490 e. The van der Waals surface area contributed by atoms with E-state index in [9.17, 15) is 42.0 Å². The van der Waals surface area contributed by atoms with E-state index >= 15 is 0 Å². The first-order chi connectivity index (χ1) is 33.6. The summed E-state index contributed by atoms with van der Waals surface area (Å²) in [6.07, 6.45) is -2.06. The van der Waals surface area contributed by atoms with E-state index in [-0.39, 0.29) is 66.2 Å². The first kappa shape index (κ1) is 59.3. The van der Waals surface area contributed by atoms with Crippen molar-refractivity contribution in [2.24, 2.45) is 0 Å².